The quantitative estimate of drug-likeness (QED) is 0.178. The molecule has 1 aliphatic rings. The van der Waals surface area contributed by atoms with Crippen LogP contribution in [0.3, 0.4) is 0 Å². The average molecular weight is 658 g/mol. The number of benzene rings is 5. The van der Waals surface area contributed by atoms with Crippen molar-refractivity contribution < 1.29 is 9.47 Å². The molecule has 8 aromatic rings. The molecule has 5 nitrogen and oxygen atoms in total. The zero-order valence-corrected chi connectivity index (χ0v) is 27.6. The van der Waals surface area contributed by atoms with Crippen LogP contribution in [-0.4, -0.2) is 21.7 Å². The summed E-state index contributed by atoms with van der Waals surface area (Å²) in [5.74, 6) is 1.55. The Kier molecular flexibility index (Phi) is 7.84. The van der Waals surface area contributed by atoms with E-state index in [2.05, 4.69) is 107 Å². The van der Waals surface area contributed by atoms with Crippen molar-refractivity contribution in [3.8, 4) is 89.6 Å². The Bertz CT molecular complexity index is 2370. The number of nitrogens with zero attached hydrogens (tertiary/aromatic N) is 3. The highest BCUT2D eigenvalue weighted by Crippen LogP contribution is 2.44. The molecule has 0 radical (unpaired) electrons. The lowest BCUT2D eigenvalue weighted by Gasteiger charge is -2.14. The van der Waals surface area contributed by atoms with Crippen LogP contribution in [0.5, 0.6) is 11.5 Å². The molecule has 0 amide bonds. The molecule has 0 saturated heterocycles. The van der Waals surface area contributed by atoms with Gasteiger partial charge in [-0.3, -0.25) is 9.97 Å². The lowest BCUT2D eigenvalue weighted by Crippen LogP contribution is -2.03. The summed E-state index contributed by atoms with van der Waals surface area (Å²) in [6.07, 6.45) is 7.39. The second kappa shape index (κ2) is 13.2. The van der Waals surface area contributed by atoms with Crippen molar-refractivity contribution in [3.05, 3.63) is 176 Å². The molecule has 0 unspecified atom stereocenters. The Morgan fingerprint density at radius 2 is 0.863 bits per heavy atom. The molecule has 1 aliphatic heterocycles. The molecule has 0 atom stereocenters. The summed E-state index contributed by atoms with van der Waals surface area (Å²) in [6, 6.07) is 52.4. The smallest absolute Gasteiger partial charge is 0.230 e. The maximum atomic E-state index is 6.27. The third kappa shape index (κ3) is 6.13. The molecule has 9 rings (SSSR count). The van der Waals surface area contributed by atoms with E-state index in [0.717, 1.165) is 89.6 Å². The number of fused-ring (bicyclic) bond motifs is 3. The van der Waals surface area contributed by atoms with Crippen LogP contribution < -0.4 is 9.47 Å². The van der Waals surface area contributed by atoms with Gasteiger partial charge in [0.05, 0.1) is 11.4 Å². The van der Waals surface area contributed by atoms with Crippen molar-refractivity contribution in [2.45, 2.75) is 0 Å². The predicted octanol–water partition coefficient (Wildman–Crippen LogP) is 11.3. The summed E-state index contributed by atoms with van der Waals surface area (Å²) in [5.41, 5.74) is 14.4. The fraction of sp³-hybridized carbons (Fsp3) is 0.0217. The Morgan fingerprint density at radius 3 is 1.45 bits per heavy atom. The van der Waals surface area contributed by atoms with Crippen LogP contribution in [0.1, 0.15) is 0 Å². The van der Waals surface area contributed by atoms with Crippen LogP contribution in [0.2, 0.25) is 0 Å². The van der Waals surface area contributed by atoms with Gasteiger partial charge in [0, 0.05) is 58.2 Å². The van der Waals surface area contributed by atoms with Gasteiger partial charge in [0.25, 0.3) is 0 Å². The maximum absolute atomic E-state index is 6.27. The predicted molar refractivity (Wildman–Crippen MR) is 204 cm³/mol. The van der Waals surface area contributed by atoms with Crippen molar-refractivity contribution in [1.29, 1.82) is 0 Å². The van der Waals surface area contributed by atoms with Crippen LogP contribution >= 0.6 is 0 Å². The van der Waals surface area contributed by atoms with Gasteiger partial charge >= 0.3 is 0 Å². The molecule has 0 spiro atoms. The first-order chi connectivity index (χ1) is 25.2. The molecule has 0 fully saturated rings. The Balaban J connectivity index is 1.14. The summed E-state index contributed by atoms with van der Waals surface area (Å²) in [5, 5.41) is 0. The minimum absolute atomic E-state index is 0.116. The Labute approximate surface area is 296 Å². The Hall–Kier alpha value is -6.85. The van der Waals surface area contributed by atoms with Crippen molar-refractivity contribution in [2.24, 2.45) is 0 Å². The van der Waals surface area contributed by atoms with Gasteiger partial charge in [-0.05, 0) is 100 Å². The third-order valence-corrected chi connectivity index (χ3v) is 9.23. The van der Waals surface area contributed by atoms with E-state index in [-0.39, 0.29) is 6.79 Å². The fourth-order valence-corrected chi connectivity index (χ4v) is 6.65. The maximum Gasteiger partial charge on any atom is 0.230 e. The molecular formula is C46H31N3O2. The lowest BCUT2D eigenvalue weighted by molar-refractivity contribution is 0.125. The highest BCUT2D eigenvalue weighted by atomic mass is 16.7. The van der Waals surface area contributed by atoms with Crippen LogP contribution in [-0.2, 0) is 0 Å². The zero-order chi connectivity index (χ0) is 34.0. The van der Waals surface area contributed by atoms with Gasteiger partial charge in [-0.15, -0.1) is 0 Å². The summed E-state index contributed by atoms with van der Waals surface area (Å²) < 4.78 is 12.4. The number of rotatable bonds is 6. The van der Waals surface area contributed by atoms with Crippen LogP contribution in [0.15, 0.2) is 176 Å². The van der Waals surface area contributed by atoms with Crippen molar-refractivity contribution in [2.75, 3.05) is 6.79 Å². The van der Waals surface area contributed by atoms with E-state index in [1.165, 1.54) is 0 Å². The fourth-order valence-electron chi connectivity index (χ4n) is 6.65. The van der Waals surface area contributed by atoms with Crippen molar-refractivity contribution >= 4 is 0 Å². The van der Waals surface area contributed by atoms with Gasteiger partial charge in [-0.2, -0.15) is 0 Å². The number of hydrogen-bond donors (Lipinski definition) is 0. The molecule has 4 heterocycles. The van der Waals surface area contributed by atoms with Crippen LogP contribution in [0.25, 0.3) is 78.1 Å². The SMILES string of the molecule is c1ccc(-c2cc(-c3ccc4c(c3)OCOc3ccc(-c5cc(-c6cccnc6)cc(-c6cccnc6)c5)cc3-4)cc(-c3ccccc3)n2)cc1. The van der Waals surface area contributed by atoms with Gasteiger partial charge in [-0.1, -0.05) is 84.9 Å². The van der Waals surface area contributed by atoms with Gasteiger partial charge in [0.1, 0.15) is 11.5 Å². The molecule has 5 heteroatoms. The van der Waals surface area contributed by atoms with E-state index in [0.29, 0.717) is 0 Å². The summed E-state index contributed by atoms with van der Waals surface area (Å²) in [4.78, 5) is 13.8. The first-order valence-corrected chi connectivity index (χ1v) is 16.9. The molecule has 0 saturated carbocycles. The van der Waals surface area contributed by atoms with Crippen molar-refractivity contribution in [3.63, 3.8) is 0 Å². The van der Waals surface area contributed by atoms with Crippen molar-refractivity contribution in [1.82, 2.24) is 15.0 Å². The monoisotopic (exact) mass is 657 g/mol. The van der Waals surface area contributed by atoms with E-state index in [9.17, 15) is 0 Å². The summed E-state index contributed by atoms with van der Waals surface area (Å²) >= 11 is 0. The topological polar surface area (TPSA) is 57.1 Å². The van der Waals surface area contributed by atoms with Gasteiger partial charge in [-0.25, -0.2) is 4.98 Å². The highest BCUT2D eigenvalue weighted by molar-refractivity contribution is 5.87. The van der Waals surface area contributed by atoms with Gasteiger partial charge in [0.2, 0.25) is 6.79 Å². The van der Waals surface area contributed by atoms with E-state index in [1.807, 2.05) is 67.0 Å². The third-order valence-electron chi connectivity index (χ3n) is 9.23. The van der Waals surface area contributed by atoms with Gasteiger partial charge in [0.15, 0.2) is 0 Å². The minimum atomic E-state index is 0.116. The molecule has 242 valence electrons. The number of hydrogen-bond acceptors (Lipinski definition) is 5. The van der Waals surface area contributed by atoms with Gasteiger partial charge < -0.3 is 9.47 Å². The summed E-state index contributed by atoms with van der Waals surface area (Å²) in [7, 11) is 0. The molecular weight excluding hydrogens is 627 g/mol. The lowest BCUT2D eigenvalue weighted by atomic mass is 9.92. The second-order valence-corrected chi connectivity index (χ2v) is 12.5. The molecule has 5 aromatic carbocycles. The second-order valence-electron chi connectivity index (χ2n) is 12.5. The van der Waals surface area contributed by atoms with E-state index < -0.39 is 0 Å². The highest BCUT2D eigenvalue weighted by Gasteiger charge is 2.20. The average Bonchev–Trinajstić information content (AvgIpc) is 3.40. The number of pyridine rings is 3. The van der Waals surface area contributed by atoms with E-state index in [1.54, 1.807) is 12.4 Å². The molecule has 0 N–H and O–H groups in total. The summed E-state index contributed by atoms with van der Waals surface area (Å²) in [6.45, 7) is 0.116. The largest absolute Gasteiger partial charge is 0.457 e. The van der Waals surface area contributed by atoms with Crippen LogP contribution in [0, 0.1) is 0 Å². The minimum Gasteiger partial charge on any atom is -0.457 e. The molecule has 3 aromatic heterocycles. The molecule has 0 bridgehead atoms. The Morgan fingerprint density at radius 1 is 0.353 bits per heavy atom. The first-order valence-electron chi connectivity index (χ1n) is 16.9. The normalized spacial score (nSPS) is 11.8. The first kappa shape index (κ1) is 30.2. The number of ether oxygens (including phenoxy) is 2. The number of aromatic nitrogens is 3. The van der Waals surface area contributed by atoms with Crippen LogP contribution in [0.4, 0.5) is 0 Å². The molecule has 0 aliphatic carbocycles. The standard InChI is InChI=1S/C46H31N3O2/c1-3-9-31(10-4-1)43-25-40(26-44(49-43)32-11-5-2-6-12-32)34-15-17-41-42-24-33(16-18-45(42)50-30-51-46(41)27-34)37-21-38(35-13-7-19-47-28-35)23-39(22-37)36-14-8-20-48-29-36/h1-29H,30H2. The van der Waals surface area contributed by atoms with E-state index >= 15 is 0 Å². The zero-order valence-electron chi connectivity index (χ0n) is 27.6. The molecule has 51 heavy (non-hydrogen) atoms. The van der Waals surface area contributed by atoms with E-state index in [4.69, 9.17) is 14.5 Å².